The quantitative estimate of drug-likeness (QED) is 0.638. The molecule has 0 aromatic heterocycles. The number of anilines is 1. The van der Waals surface area contributed by atoms with Gasteiger partial charge in [-0.15, -0.1) is 0 Å². The molecule has 3 heteroatoms. The molecule has 1 fully saturated rings. The van der Waals surface area contributed by atoms with Gasteiger partial charge in [-0.1, -0.05) is 38.3 Å². The summed E-state index contributed by atoms with van der Waals surface area (Å²) in [6.07, 6.45) is 6.63. The second-order valence-electron chi connectivity index (χ2n) is 6.32. The zero-order chi connectivity index (χ0) is 14.5. The molecule has 1 aromatic rings. The zero-order valence-corrected chi connectivity index (χ0v) is 13.1. The molecule has 1 saturated carbocycles. The molecule has 0 spiro atoms. The summed E-state index contributed by atoms with van der Waals surface area (Å²) in [6.45, 7) is 2.31. The smallest absolute Gasteiger partial charge is 0.0488 e. The fourth-order valence-electron chi connectivity index (χ4n) is 3.41. The van der Waals surface area contributed by atoms with Crippen LogP contribution in [0.3, 0.4) is 0 Å². The molecule has 1 aliphatic carbocycles. The number of hydrogen-bond donors (Lipinski definition) is 2. The Bertz CT molecular complexity index is 391. The Morgan fingerprint density at radius 1 is 1.15 bits per heavy atom. The topological polar surface area (TPSA) is 41.3 Å². The molecule has 1 aliphatic rings. The minimum atomic E-state index is 0.295. The van der Waals surface area contributed by atoms with Crippen LogP contribution in [0.4, 0.5) is 5.69 Å². The molecule has 112 valence electrons. The summed E-state index contributed by atoms with van der Waals surface area (Å²) in [5, 5.41) is 0. The maximum absolute atomic E-state index is 5.84. The molecular formula is C17H29N3. The third kappa shape index (κ3) is 3.53. The average molecular weight is 275 g/mol. The molecule has 3 N–H and O–H groups in total. The predicted octanol–water partition coefficient (Wildman–Crippen LogP) is 3.47. The van der Waals surface area contributed by atoms with Gasteiger partial charge in [0.25, 0.3) is 0 Å². The molecule has 20 heavy (non-hydrogen) atoms. The van der Waals surface area contributed by atoms with E-state index < -0.39 is 0 Å². The first-order valence-electron chi connectivity index (χ1n) is 7.89. The lowest BCUT2D eigenvalue weighted by atomic mass is 9.76. The maximum atomic E-state index is 5.84. The van der Waals surface area contributed by atoms with Crippen LogP contribution < -0.4 is 16.2 Å². The molecule has 0 bridgehead atoms. The molecule has 1 aromatic carbocycles. The molecule has 3 nitrogen and oxygen atoms in total. The van der Waals surface area contributed by atoms with Gasteiger partial charge in [0, 0.05) is 25.8 Å². The number of hydrazine groups is 1. The molecule has 0 amide bonds. The summed E-state index contributed by atoms with van der Waals surface area (Å²) in [7, 11) is 4.14. The van der Waals surface area contributed by atoms with Crippen molar-refractivity contribution in [2.24, 2.45) is 17.7 Å². The van der Waals surface area contributed by atoms with Crippen LogP contribution in [-0.4, -0.2) is 14.1 Å². The highest BCUT2D eigenvalue weighted by Gasteiger charge is 2.27. The van der Waals surface area contributed by atoms with E-state index in [9.17, 15) is 0 Å². The van der Waals surface area contributed by atoms with E-state index >= 15 is 0 Å². The van der Waals surface area contributed by atoms with Gasteiger partial charge >= 0.3 is 0 Å². The van der Waals surface area contributed by atoms with Crippen LogP contribution >= 0.6 is 0 Å². The highest BCUT2D eigenvalue weighted by Crippen LogP contribution is 2.37. The van der Waals surface area contributed by atoms with E-state index in [1.54, 1.807) is 0 Å². The fourth-order valence-corrected chi connectivity index (χ4v) is 3.41. The van der Waals surface area contributed by atoms with Crippen LogP contribution in [0.15, 0.2) is 24.3 Å². The number of benzene rings is 1. The Morgan fingerprint density at radius 2 is 1.75 bits per heavy atom. The Morgan fingerprint density at radius 3 is 2.20 bits per heavy atom. The first kappa shape index (κ1) is 15.3. The third-order valence-corrected chi connectivity index (χ3v) is 4.89. The molecule has 1 atom stereocenters. The van der Waals surface area contributed by atoms with Crippen molar-refractivity contribution in [2.45, 2.75) is 45.1 Å². The summed E-state index contributed by atoms with van der Waals surface area (Å²) in [5.74, 6) is 7.45. The molecule has 0 aliphatic heterocycles. The van der Waals surface area contributed by atoms with E-state index in [0.29, 0.717) is 12.0 Å². The number of nitrogens with one attached hydrogen (secondary N) is 1. The van der Waals surface area contributed by atoms with Gasteiger partial charge in [-0.25, -0.2) is 0 Å². The number of hydrogen-bond acceptors (Lipinski definition) is 3. The van der Waals surface area contributed by atoms with E-state index in [0.717, 1.165) is 5.92 Å². The van der Waals surface area contributed by atoms with Crippen molar-refractivity contribution in [3.8, 4) is 0 Å². The Balaban J connectivity index is 2.04. The summed E-state index contributed by atoms with van der Waals surface area (Å²) in [4.78, 5) is 2.13. The third-order valence-electron chi connectivity index (χ3n) is 4.89. The van der Waals surface area contributed by atoms with E-state index in [2.05, 4.69) is 55.6 Å². The van der Waals surface area contributed by atoms with Gasteiger partial charge in [-0.05, 0) is 42.4 Å². The Hall–Kier alpha value is -1.06. The van der Waals surface area contributed by atoms with Gasteiger partial charge in [0.1, 0.15) is 0 Å². The normalized spacial score (nSPS) is 24.4. The zero-order valence-electron chi connectivity index (χ0n) is 13.1. The first-order chi connectivity index (χ1) is 9.65. The molecule has 0 radical (unpaired) electrons. The number of rotatable bonds is 5. The molecule has 2 rings (SSSR count). The summed E-state index contributed by atoms with van der Waals surface area (Å²) in [5.41, 5.74) is 5.61. The highest BCUT2D eigenvalue weighted by molar-refractivity contribution is 5.46. The second-order valence-corrected chi connectivity index (χ2v) is 6.32. The van der Waals surface area contributed by atoms with Crippen molar-refractivity contribution < 1.29 is 0 Å². The lowest BCUT2D eigenvalue weighted by Gasteiger charge is -2.33. The highest BCUT2D eigenvalue weighted by atomic mass is 15.2. The van der Waals surface area contributed by atoms with Crippen molar-refractivity contribution in [1.29, 1.82) is 0 Å². The van der Waals surface area contributed by atoms with Gasteiger partial charge in [-0.3, -0.25) is 11.3 Å². The van der Waals surface area contributed by atoms with Crippen LogP contribution in [0.5, 0.6) is 0 Å². The van der Waals surface area contributed by atoms with Gasteiger partial charge in [0.05, 0.1) is 0 Å². The molecule has 0 saturated heterocycles. The van der Waals surface area contributed by atoms with E-state index in [-0.39, 0.29) is 0 Å². The van der Waals surface area contributed by atoms with Gasteiger partial charge in [-0.2, -0.15) is 0 Å². The van der Waals surface area contributed by atoms with E-state index in [1.807, 2.05) is 0 Å². The maximum Gasteiger partial charge on any atom is 0.0488 e. The SMILES string of the molecule is CCC1CCC(C(NN)c2ccc(N(C)C)cc2)CC1. The van der Waals surface area contributed by atoms with Crippen LogP contribution in [0.2, 0.25) is 0 Å². The van der Waals surface area contributed by atoms with Gasteiger partial charge in [0.15, 0.2) is 0 Å². The lowest BCUT2D eigenvalue weighted by molar-refractivity contribution is 0.219. The van der Waals surface area contributed by atoms with Crippen molar-refractivity contribution >= 4 is 5.69 Å². The first-order valence-corrected chi connectivity index (χ1v) is 7.89. The summed E-state index contributed by atoms with van der Waals surface area (Å²) < 4.78 is 0. The Kier molecular flexibility index (Phi) is 5.44. The minimum absolute atomic E-state index is 0.295. The van der Waals surface area contributed by atoms with Crippen LogP contribution in [-0.2, 0) is 0 Å². The molecule has 1 unspecified atom stereocenters. The monoisotopic (exact) mass is 275 g/mol. The van der Waals surface area contributed by atoms with Crippen LogP contribution in [0.25, 0.3) is 0 Å². The van der Waals surface area contributed by atoms with Crippen molar-refractivity contribution in [1.82, 2.24) is 5.43 Å². The van der Waals surface area contributed by atoms with Gasteiger partial charge < -0.3 is 4.90 Å². The number of nitrogens with two attached hydrogens (primary N) is 1. The summed E-state index contributed by atoms with van der Waals surface area (Å²) in [6, 6.07) is 9.08. The number of nitrogens with zero attached hydrogens (tertiary/aromatic N) is 1. The molecule has 0 heterocycles. The Labute approximate surface area is 123 Å². The lowest BCUT2D eigenvalue weighted by Crippen LogP contribution is -2.35. The average Bonchev–Trinajstić information content (AvgIpc) is 2.49. The van der Waals surface area contributed by atoms with E-state index in [4.69, 9.17) is 5.84 Å². The van der Waals surface area contributed by atoms with Crippen LogP contribution in [0, 0.1) is 11.8 Å². The van der Waals surface area contributed by atoms with E-state index in [1.165, 1.54) is 43.4 Å². The predicted molar refractivity (Wildman–Crippen MR) is 86.6 cm³/mol. The molecular weight excluding hydrogens is 246 g/mol. The standard InChI is InChI=1S/C17H29N3/c1-4-13-5-7-14(8-6-13)17(19-18)15-9-11-16(12-10-15)20(2)3/h9-14,17,19H,4-8,18H2,1-3H3. The van der Waals surface area contributed by atoms with Crippen molar-refractivity contribution in [2.75, 3.05) is 19.0 Å². The van der Waals surface area contributed by atoms with Gasteiger partial charge in [0.2, 0.25) is 0 Å². The summed E-state index contributed by atoms with van der Waals surface area (Å²) >= 11 is 0. The minimum Gasteiger partial charge on any atom is -0.378 e. The van der Waals surface area contributed by atoms with Crippen molar-refractivity contribution in [3.05, 3.63) is 29.8 Å². The van der Waals surface area contributed by atoms with Crippen LogP contribution in [0.1, 0.15) is 50.6 Å². The fraction of sp³-hybridized carbons (Fsp3) is 0.647. The van der Waals surface area contributed by atoms with Crippen molar-refractivity contribution in [3.63, 3.8) is 0 Å². The largest absolute Gasteiger partial charge is 0.378 e. The second kappa shape index (κ2) is 7.09.